The Balaban J connectivity index is 1.78. The summed E-state index contributed by atoms with van der Waals surface area (Å²) in [6, 6.07) is 4.39. The summed E-state index contributed by atoms with van der Waals surface area (Å²) in [5, 5.41) is 11.8. The molecule has 0 radical (unpaired) electrons. The molecule has 2 fully saturated rings. The monoisotopic (exact) mass is 380 g/mol. The van der Waals surface area contributed by atoms with Gasteiger partial charge in [-0.3, -0.25) is 14.2 Å². The molecule has 0 aromatic heterocycles. The first-order valence-electron chi connectivity index (χ1n) is 8.81. The predicted molar refractivity (Wildman–Crippen MR) is 95.9 cm³/mol. The molecule has 0 bridgehead atoms. The van der Waals surface area contributed by atoms with Crippen LogP contribution in [0.25, 0.3) is 0 Å². The van der Waals surface area contributed by atoms with Gasteiger partial charge in [0.25, 0.3) is 0 Å². The number of hydrogen-bond acceptors (Lipinski definition) is 4. The third kappa shape index (κ3) is 3.87. The molecule has 0 saturated carbocycles. The number of hydrogen-bond donors (Lipinski definition) is 2. The van der Waals surface area contributed by atoms with E-state index in [0.717, 1.165) is 0 Å². The molecule has 3 rings (SSSR count). The second kappa shape index (κ2) is 7.15. The number of aliphatic carboxylic acids is 1. The number of carboxylic acids is 1. The number of halogens is 1. The van der Waals surface area contributed by atoms with E-state index in [2.05, 4.69) is 5.32 Å². The number of carboxylic acid groups (broad SMARTS) is 1. The molecule has 0 aliphatic carbocycles. The number of cyclic esters (lactones) is 1. The van der Waals surface area contributed by atoms with Crippen molar-refractivity contribution in [3.8, 4) is 0 Å². The highest BCUT2D eigenvalue weighted by molar-refractivity contribution is 5.90. The molecule has 1 aromatic carbocycles. The fourth-order valence-corrected chi connectivity index (χ4v) is 3.95. The van der Waals surface area contributed by atoms with E-state index in [1.165, 1.54) is 17.9 Å². The first kappa shape index (κ1) is 19.1. The van der Waals surface area contributed by atoms with Crippen LogP contribution in [-0.4, -0.2) is 61.9 Å². The number of quaternary nitrogens is 1. The molecule has 9 heteroatoms. The van der Waals surface area contributed by atoms with Gasteiger partial charge in [0, 0.05) is 19.1 Å². The van der Waals surface area contributed by atoms with E-state index >= 15 is 0 Å². The largest absolute Gasteiger partial charge is 0.477 e. The minimum absolute atomic E-state index is 0.0677. The molecular formula is C18H23FN3O5+. The van der Waals surface area contributed by atoms with Crippen molar-refractivity contribution >= 4 is 29.3 Å². The number of carbonyl (C=O) groups is 3. The lowest BCUT2D eigenvalue weighted by Crippen LogP contribution is -2.66. The molecule has 1 aromatic rings. The van der Waals surface area contributed by atoms with Crippen molar-refractivity contribution in [2.75, 3.05) is 37.6 Å². The third-order valence-corrected chi connectivity index (χ3v) is 4.97. The summed E-state index contributed by atoms with van der Waals surface area (Å²) in [5.74, 6) is -1.42. The SMILES string of the molecule is CC(=O)NCC1CN(c2ccc([N+]3(CC(=O)O)CC(C)C3)c(F)c2)C(=O)O1. The molecule has 2 aliphatic rings. The second-order valence-corrected chi connectivity index (χ2v) is 7.36. The number of nitrogens with zero attached hydrogens (tertiary/aromatic N) is 2. The summed E-state index contributed by atoms with van der Waals surface area (Å²) in [6.07, 6.45) is -1.12. The molecular weight excluding hydrogens is 357 g/mol. The van der Waals surface area contributed by atoms with Gasteiger partial charge in [-0.1, -0.05) is 6.92 Å². The van der Waals surface area contributed by atoms with Crippen molar-refractivity contribution in [3.63, 3.8) is 0 Å². The summed E-state index contributed by atoms with van der Waals surface area (Å²) in [4.78, 5) is 35.6. The van der Waals surface area contributed by atoms with Crippen LogP contribution >= 0.6 is 0 Å². The first-order valence-corrected chi connectivity index (χ1v) is 8.81. The number of benzene rings is 1. The lowest BCUT2D eigenvalue weighted by Gasteiger charge is -2.47. The number of nitrogens with one attached hydrogen (secondary N) is 1. The molecule has 2 aliphatic heterocycles. The smallest absolute Gasteiger partial charge is 0.414 e. The lowest BCUT2D eigenvalue weighted by molar-refractivity contribution is -0.139. The Labute approximate surface area is 156 Å². The average molecular weight is 380 g/mol. The highest BCUT2D eigenvalue weighted by Crippen LogP contribution is 2.37. The Hall–Kier alpha value is -2.68. The molecule has 1 unspecified atom stereocenters. The maximum absolute atomic E-state index is 14.8. The Morgan fingerprint density at radius 2 is 2.11 bits per heavy atom. The van der Waals surface area contributed by atoms with E-state index in [4.69, 9.17) is 4.74 Å². The van der Waals surface area contributed by atoms with Crippen molar-refractivity contribution in [1.82, 2.24) is 9.80 Å². The van der Waals surface area contributed by atoms with Crippen LogP contribution in [0.5, 0.6) is 0 Å². The Kier molecular flexibility index (Phi) is 5.05. The number of anilines is 1. The van der Waals surface area contributed by atoms with Gasteiger partial charge in [-0.05, 0) is 6.07 Å². The molecule has 8 nitrogen and oxygen atoms in total. The van der Waals surface area contributed by atoms with Gasteiger partial charge in [0.15, 0.2) is 18.0 Å². The van der Waals surface area contributed by atoms with Gasteiger partial charge in [0.1, 0.15) is 6.10 Å². The minimum atomic E-state index is -0.977. The summed E-state index contributed by atoms with van der Waals surface area (Å²) in [5.41, 5.74) is 0.662. The average Bonchev–Trinajstić information content (AvgIpc) is 2.91. The minimum Gasteiger partial charge on any atom is -0.477 e. The van der Waals surface area contributed by atoms with Crippen LogP contribution in [0, 0.1) is 11.7 Å². The van der Waals surface area contributed by atoms with Crippen molar-refractivity contribution in [2.45, 2.75) is 20.0 Å². The molecule has 2 amide bonds. The number of rotatable bonds is 6. The van der Waals surface area contributed by atoms with Crippen LogP contribution in [0.3, 0.4) is 0 Å². The quantitative estimate of drug-likeness (QED) is 0.726. The summed E-state index contributed by atoms with van der Waals surface area (Å²) < 4.78 is 20.1. The third-order valence-electron chi connectivity index (χ3n) is 4.97. The molecule has 0 spiro atoms. The topological polar surface area (TPSA) is 95.9 Å². The lowest BCUT2D eigenvalue weighted by atomic mass is 9.95. The van der Waals surface area contributed by atoms with Gasteiger partial charge in [0.2, 0.25) is 5.91 Å². The van der Waals surface area contributed by atoms with E-state index in [-0.39, 0.29) is 30.0 Å². The van der Waals surface area contributed by atoms with E-state index in [1.54, 1.807) is 12.1 Å². The Bertz CT molecular complexity index is 778. The fourth-order valence-electron chi connectivity index (χ4n) is 3.95. The van der Waals surface area contributed by atoms with E-state index in [0.29, 0.717) is 30.4 Å². The molecule has 1 atom stereocenters. The molecule has 2 N–H and O–H groups in total. The fraction of sp³-hybridized carbons (Fsp3) is 0.500. The van der Waals surface area contributed by atoms with E-state index < -0.39 is 24.0 Å². The summed E-state index contributed by atoms with van der Waals surface area (Å²) in [7, 11) is 0. The van der Waals surface area contributed by atoms with Crippen LogP contribution in [0.4, 0.5) is 20.6 Å². The van der Waals surface area contributed by atoms with Gasteiger partial charge in [0.05, 0.1) is 37.8 Å². The van der Waals surface area contributed by atoms with Gasteiger partial charge < -0.3 is 15.2 Å². The molecule has 27 heavy (non-hydrogen) atoms. The normalized spacial score (nSPS) is 27.1. The van der Waals surface area contributed by atoms with Crippen LogP contribution < -0.4 is 14.7 Å². The van der Waals surface area contributed by atoms with Crippen molar-refractivity contribution < 1.29 is 28.6 Å². The zero-order chi connectivity index (χ0) is 19.8. The zero-order valence-corrected chi connectivity index (χ0v) is 15.3. The number of ether oxygens (including phenoxy) is 1. The first-order chi connectivity index (χ1) is 12.7. The molecule has 146 valence electrons. The maximum atomic E-state index is 14.8. The van der Waals surface area contributed by atoms with Crippen LogP contribution in [-0.2, 0) is 14.3 Å². The van der Waals surface area contributed by atoms with Crippen LogP contribution in [0.15, 0.2) is 18.2 Å². The van der Waals surface area contributed by atoms with Crippen molar-refractivity contribution in [2.24, 2.45) is 5.92 Å². The highest BCUT2D eigenvalue weighted by Gasteiger charge is 2.47. The van der Waals surface area contributed by atoms with Crippen LogP contribution in [0.1, 0.15) is 13.8 Å². The van der Waals surface area contributed by atoms with E-state index in [1.807, 2.05) is 6.92 Å². The Morgan fingerprint density at radius 3 is 2.67 bits per heavy atom. The second-order valence-electron chi connectivity index (χ2n) is 7.36. The van der Waals surface area contributed by atoms with Gasteiger partial charge >= 0.3 is 12.1 Å². The number of amides is 2. The van der Waals surface area contributed by atoms with Gasteiger partial charge in [-0.25, -0.2) is 14.0 Å². The molecule has 2 saturated heterocycles. The van der Waals surface area contributed by atoms with Gasteiger partial charge in [-0.15, -0.1) is 0 Å². The Morgan fingerprint density at radius 1 is 1.41 bits per heavy atom. The standard InChI is InChI=1S/C18H22FN3O5/c1-11-8-22(9-11,10-17(24)25)16-4-3-13(5-15(16)19)21-7-14(27-18(21)26)6-20-12(2)23/h3-5,11,14H,6-10H2,1-2H3,(H-,20,23,24,25)/p+1. The summed E-state index contributed by atoms with van der Waals surface area (Å²) >= 11 is 0. The molecule has 2 heterocycles. The van der Waals surface area contributed by atoms with Gasteiger partial charge in [-0.2, -0.15) is 0 Å². The predicted octanol–water partition coefficient (Wildman–Crippen LogP) is 1.33. The number of carbonyl (C=O) groups excluding carboxylic acids is 2. The van der Waals surface area contributed by atoms with Crippen molar-refractivity contribution in [3.05, 3.63) is 24.0 Å². The highest BCUT2D eigenvalue weighted by atomic mass is 19.1. The zero-order valence-electron chi connectivity index (χ0n) is 15.3. The van der Waals surface area contributed by atoms with Crippen LogP contribution in [0.2, 0.25) is 0 Å². The summed E-state index contributed by atoms with van der Waals surface area (Å²) in [6.45, 7) is 4.71. The van der Waals surface area contributed by atoms with Crippen molar-refractivity contribution in [1.29, 1.82) is 0 Å². The van der Waals surface area contributed by atoms with E-state index in [9.17, 15) is 23.9 Å². The maximum Gasteiger partial charge on any atom is 0.414 e. The number of likely N-dealkylation sites (tertiary alicyclic amines) is 1.